The summed E-state index contributed by atoms with van der Waals surface area (Å²) < 4.78 is 0. The minimum absolute atomic E-state index is 0.292. The molecule has 0 spiro atoms. The number of para-hydroxylation sites is 1. The van der Waals surface area contributed by atoms with Crippen molar-refractivity contribution in [3.63, 3.8) is 0 Å². The molecule has 1 heterocycles. The summed E-state index contributed by atoms with van der Waals surface area (Å²) in [6.07, 6.45) is 6.54. The molecule has 0 radical (unpaired) electrons. The number of hydrogen-bond acceptors (Lipinski definition) is 2. The fourth-order valence-electron chi connectivity index (χ4n) is 3.75. The number of nitrogens with zero attached hydrogens (tertiary/aromatic N) is 1. The van der Waals surface area contributed by atoms with Gasteiger partial charge in [-0.25, -0.2) is 4.98 Å². The molecule has 0 amide bonds. The lowest BCUT2D eigenvalue weighted by Crippen LogP contribution is -2.06. The number of rotatable bonds is 1. The molecule has 1 fully saturated rings. The lowest BCUT2D eigenvalue weighted by molar-refractivity contribution is 0.447. The Morgan fingerprint density at radius 3 is 2.48 bits per heavy atom. The van der Waals surface area contributed by atoms with E-state index in [0.29, 0.717) is 11.7 Å². The Balaban J connectivity index is 2.06. The van der Waals surface area contributed by atoms with E-state index >= 15 is 0 Å². The monoisotopic (exact) mass is 277 g/mol. The van der Waals surface area contributed by atoms with E-state index in [1.165, 1.54) is 48.4 Å². The standard InChI is InChI=1S/C19H19NO/c21-14-10-11-16-18(12-14)20-17-9-5-4-8-15(17)19(16)13-6-2-1-3-7-13/h4-5,8-13,21H,1-3,6-7H2. The average molecular weight is 277 g/mol. The quantitative estimate of drug-likeness (QED) is 0.625. The van der Waals surface area contributed by atoms with E-state index in [1.54, 1.807) is 12.1 Å². The zero-order valence-electron chi connectivity index (χ0n) is 12.0. The summed E-state index contributed by atoms with van der Waals surface area (Å²) in [4.78, 5) is 4.73. The van der Waals surface area contributed by atoms with E-state index in [2.05, 4.69) is 18.2 Å². The van der Waals surface area contributed by atoms with Crippen molar-refractivity contribution in [2.75, 3.05) is 0 Å². The lowest BCUT2D eigenvalue weighted by Gasteiger charge is -2.24. The summed E-state index contributed by atoms with van der Waals surface area (Å²) >= 11 is 0. The molecule has 3 aromatic rings. The Bertz CT molecular complexity index is 803. The topological polar surface area (TPSA) is 33.1 Å². The molecule has 2 heteroatoms. The molecule has 1 aliphatic carbocycles. The van der Waals surface area contributed by atoms with Gasteiger partial charge in [0.05, 0.1) is 11.0 Å². The molecule has 4 rings (SSSR count). The summed E-state index contributed by atoms with van der Waals surface area (Å²) in [6.45, 7) is 0. The number of pyridine rings is 1. The molecular weight excluding hydrogens is 258 g/mol. The van der Waals surface area contributed by atoms with Crippen LogP contribution in [0, 0.1) is 0 Å². The largest absolute Gasteiger partial charge is 0.508 e. The van der Waals surface area contributed by atoms with Gasteiger partial charge in [0, 0.05) is 16.8 Å². The zero-order chi connectivity index (χ0) is 14.2. The highest BCUT2D eigenvalue weighted by Crippen LogP contribution is 2.40. The molecule has 0 aliphatic heterocycles. The molecular formula is C19H19NO. The van der Waals surface area contributed by atoms with Gasteiger partial charge in [0.1, 0.15) is 5.75 Å². The Labute approximate surface area is 124 Å². The van der Waals surface area contributed by atoms with Crippen molar-refractivity contribution in [2.24, 2.45) is 0 Å². The number of hydrogen-bond donors (Lipinski definition) is 1. The molecule has 1 aliphatic rings. The van der Waals surface area contributed by atoms with Gasteiger partial charge in [0.15, 0.2) is 0 Å². The van der Waals surface area contributed by atoms with E-state index in [0.717, 1.165) is 11.0 Å². The van der Waals surface area contributed by atoms with Gasteiger partial charge in [-0.05, 0) is 42.5 Å². The van der Waals surface area contributed by atoms with Gasteiger partial charge >= 0.3 is 0 Å². The van der Waals surface area contributed by atoms with Gasteiger partial charge in [-0.2, -0.15) is 0 Å². The molecule has 0 unspecified atom stereocenters. The SMILES string of the molecule is Oc1ccc2c(C3CCCCC3)c3ccccc3nc2c1. The summed E-state index contributed by atoms with van der Waals surface area (Å²) in [5, 5.41) is 12.3. The predicted molar refractivity (Wildman–Crippen MR) is 86.7 cm³/mol. The van der Waals surface area contributed by atoms with E-state index in [-0.39, 0.29) is 0 Å². The first-order chi connectivity index (χ1) is 10.3. The Kier molecular flexibility index (Phi) is 3.03. The van der Waals surface area contributed by atoms with Crippen molar-refractivity contribution in [2.45, 2.75) is 38.0 Å². The second kappa shape index (κ2) is 5.03. The Morgan fingerprint density at radius 2 is 1.62 bits per heavy atom. The zero-order valence-corrected chi connectivity index (χ0v) is 12.0. The molecule has 1 saturated carbocycles. The second-order valence-corrected chi connectivity index (χ2v) is 6.08. The van der Waals surface area contributed by atoms with Crippen molar-refractivity contribution in [1.29, 1.82) is 0 Å². The maximum atomic E-state index is 9.76. The van der Waals surface area contributed by atoms with Crippen LogP contribution in [0.1, 0.15) is 43.6 Å². The van der Waals surface area contributed by atoms with Crippen molar-refractivity contribution in [3.05, 3.63) is 48.0 Å². The number of aromatic nitrogens is 1. The third kappa shape index (κ3) is 2.15. The van der Waals surface area contributed by atoms with Crippen LogP contribution in [-0.2, 0) is 0 Å². The normalized spacial score (nSPS) is 16.6. The van der Waals surface area contributed by atoms with Crippen LogP contribution in [0.25, 0.3) is 21.8 Å². The first-order valence-corrected chi connectivity index (χ1v) is 7.84. The van der Waals surface area contributed by atoms with Crippen molar-refractivity contribution in [1.82, 2.24) is 4.98 Å². The molecule has 0 atom stereocenters. The minimum atomic E-state index is 0.292. The Morgan fingerprint density at radius 1 is 0.857 bits per heavy atom. The van der Waals surface area contributed by atoms with E-state index in [1.807, 2.05) is 12.1 Å². The van der Waals surface area contributed by atoms with Crippen molar-refractivity contribution in [3.8, 4) is 5.75 Å². The minimum Gasteiger partial charge on any atom is -0.508 e. The lowest BCUT2D eigenvalue weighted by atomic mass is 9.81. The number of fused-ring (bicyclic) bond motifs is 2. The maximum absolute atomic E-state index is 9.76. The van der Waals surface area contributed by atoms with E-state index < -0.39 is 0 Å². The summed E-state index contributed by atoms with van der Waals surface area (Å²) in [5.74, 6) is 0.915. The van der Waals surface area contributed by atoms with E-state index in [9.17, 15) is 5.11 Å². The molecule has 21 heavy (non-hydrogen) atoms. The third-order valence-corrected chi connectivity index (χ3v) is 4.72. The third-order valence-electron chi connectivity index (χ3n) is 4.72. The first kappa shape index (κ1) is 12.6. The molecule has 2 aromatic carbocycles. The number of phenols is 1. The van der Waals surface area contributed by atoms with Crippen LogP contribution in [-0.4, -0.2) is 10.1 Å². The highest BCUT2D eigenvalue weighted by molar-refractivity contribution is 5.98. The predicted octanol–water partition coefficient (Wildman–Crippen LogP) is 5.14. The summed E-state index contributed by atoms with van der Waals surface area (Å²) in [7, 11) is 0. The van der Waals surface area contributed by atoms with E-state index in [4.69, 9.17) is 4.98 Å². The average Bonchev–Trinajstić information content (AvgIpc) is 2.53. The fourth-order valence-corrected chi connectivity index (χ4v) is 3.75. The fraction of sp³-hybridized carbons (Fsp3) is 0.316. The number of aromatic hydroxyl groups is 1. The molecule has 0 bridgehead atoms. The van der Waals surface area contributed by atoms with Gasteiger partial charge in [-0.3, -0.25) is 0 Å². The maximum Gasteiger partial charge on any atom is 0.117 e. The van der Waals surface area contributed by atoms with Gasteiger partial charge in [0.25, 0.3) is 0 Å². The van der Waals surface area contributed by atoms with Gasteiger partial charge in [-0.15, -0.1) is 0 Å². The number of phenolic OH excluding ortho intramolecular Hbond substituents is 1. The van der Waals surface area contributed by atoms with Crippen molar-refractivity contribution < 1.29 is 5.11 Å². The van der Waals surface area contributed by atoms with Gasteiger partial charge in [-0.1, -0.05) is 37.5 Å². The van der Waals surface area contributed by atoms with Crippen LogP contribution in [0.2, 0.25) is 0 Å². The van der Waals surface area contributed by atoms with Crippen molar-refractivity contribution >= 4 is 21.8 Å². The van der Waals surface area contributed by atoms with Crippen LogP contribution in [0.15, 0.2) is 42.5 Å². The van der Waals surface area contributed by atoms with Crippen LogP contribution in [0.5, 0.6) is 5.75 Å². The smallest absolute Gasteiger partial charge is 0.117 e. The second-order valence-electron chi connectivity index (χ2n) is 6.08. The molecule has 106 valence electrons. The van der Waals surface area contributed by atoms with Crippen LogP contribution in [0.4, 0.5) is 0 Å². The van der Waals surface area contributed by atoms with Crippen LogP contribution >= 0.6 is 0 Å². The summed E-state index contributed by atoms with van der Waals surface area (Å²) in [5.41, 5.74) is 3.39. The van der Waals surface area contributed by atoms with Gasteiger partial charge in [0.2, 0.25) is 0 Å². The van der Waals surface area contributed by atoms with Crippen LogP contribution in [0.3, 0.4) is 0 Å². The molecule has 0 saturated heterocycles. The highest BCUT2D eigenvalue weighted by atomic mass is 16.3. The molecule has 2 nitrogen and oxygen atoms in total. The van der Waals surface area contributed by atoms with Gasteiger partial charge < -0.3 is 5.11 Å². The first-order valence-electron chi connectivity index (χ1n) is 7.84. The summed E-state index contributed by atoms with van der Waals surface area (Å²) in [6, 6.07) is 14.0. The molecule has 1 aromatic heterocycles. The highest BCUT2D eigenvalue weighted by Gasteiger charge is 2.21. The number of benzene rings is 2. The molecule has 1 N–H and O–H groups in total. The Hall–Kier alpha value is -2.09. The van der Waals surface area contributed by atoms with Crippen LogP contribution < -0.4 is 0 Å².